The lowest BCUT2D eigenvalue weighted by Crippen LogP contribution is -2.45. The second-order valence-corrected chi connectivity index (χ2v) is 19.9. The third-order valence-electron chi connectivity index (χ3n) is 10.8. The van der Waals surface area contributed by atoms with Crippen LogP contribution in [0.25, 0.3) is 0 Å². The second-order valence-electron chi connectivity index (χ2n) is 18.5. The molecule has 3 unspecified atom stereocenters. The number of amides is 1. The number of aliphatic hydroxyl groups excluding tert-OH is 1. The van der Waals surface area contributed by atoms with Gasteiger partial charge in [0, 0.05) is 6.42 Å². The van der Waals surface area contributed by atoms with E-state index in [-0.39, 0.29) is 12.5 Å². The van der Waals surface area contributed by atoms with Crippen LogP contribution in [0.5, 0.6) is 0 Å². The van der Waals surface area contributed by atoms with Crippen molar-refractivity contribution in [2.45, 2.75) is 187 Å². The Morgan fingerprint density at radius 1 is 0.522 bits per heavy atom. The molecule has 0 fully saturated rings. The maximum atomic E-state index is 12.9. The number of nitrogens with one attached hydrogen (secondary N) is 1. The monoisotopic (exact) mass is 975 g/mol. The van der Waals surface area contributed by atoms with Gasteiger partial charge in [0.15, 0.2) is 0 Å². The number of carbonyl (C=O) groups excluding carboxylic acids is 1. The Bertz CT molecular complexity index is 1620. The van der Waals surface area contributed by atoms with E-state index in [4.69, 9.17) is 9.05 Å². The van der Waals surface area contributed by atoms with E-state index in [1.165, 1.54) is 25.7 Å². The molecule has 3 atom stereocenters. The van der Waals surface area contributed by atoms with Crippen molar-refractivity contribution in [3.05, 3.63) is 146 Å². The number of hydrogen-bond acceptors (Lipinski definition) is 6. The molecular formula is C60H99N2O6P. The number of phosphoric acid groups is 1. The largest absolute Gasteiger partial charge is 0.756 e. The first kappa shape index (κ1) is 65.4. The standard InChI is InChI=1S/C60H99N2O6P/c1-6-8-10-12-14-16-18-20-22-23-24-25-26-27-28-29-30-31-32-33-34-35-36-37-38-39-40-42-44-46-48-50-52-54-60(64)61-58(57-68-69(65,66)67-56-55-62(3,4)5)59(63)53-51-49-47-45-43-41-21-19-17-15-13-11-9-7-2/h8,10,14,16-17,19-20,22,24-25,27-28,30-31,33-34,36-37,39-40,43,45,51,53,58-59,63H,6-7,9,11-13,15,18,21,23,26,29,32,35,38,41-42,44,46-50,52,54-57H2,1-5H3,(H-,61,64,65,66)/b10-8-,16-14-,19-17+,22-20-,25-24-,28-27-,31-30-,34-33-,37-36-,40-39-,45-43+,53-51+. The van der Waals surface area contributed by atoms with Crippen LogP contribution in [0, 0.1) is 0 Å². The lowest BCUT2D eigenvalue weighted by atomic mass is 10.1. The molecule has 390 valence electrons. The molecule has 0 aliphatic heterocycles. The van der Waals surface area contributed by atoms with Crippen molar-refractivity contribution < 1.29 is 32.9 Å². The molecule has 0 bridgehead atoms. The molecule has 0 spiro atoms. The van der Waals surface area contributed by atoms with Crippen LogP contribution >= 0.6 is 7.82 Å². The van der Waals surface area contributed by atoms with Gasteiger partial charge in [0.1, 0.15) is 13.2 Å². The van der Waals surface area contributed by atoms with Crippen LogP contribution in [0.1, 0.15) is 174 Å². The van der Waals surface area contributed by atoms with Crippen molar-refractivity contribution in [1.82, 2.24) is 5.32 Å². The van der Waals surface area contributed by atoms with Gasteiger partial charge in [-0.05, 0) is 116 Å². The van der Waals surface area contributed by atoms with E-state index in [1.54, 1.807) is 6.08 Å². The molecule has 0 saturated carbocycles. The van der Waals surface area contributed by atoms with Crippen LogP contribution < -0.4 is 10.2 Å². The Morgan fingerprint density at radius 3 is 1.35 bits per heavy atom. The molecule has 2 N–H and O–H groups in total. The SMILES string of the molecule is CC/C=C\C/C=C\C/C=C\C/C=C\C/C=C\C/C=C\C/C=C\C/C=C\C/C=C\CCCCCCCC(=O)NC(COP(=O)([O-])OCC[N+](C)(C)C)C(O)/C=C/CC/C=C/CC/C=C/CCCCCC. The summed E-state index contributed by atoms with van der Waals surface area (Å²) in [5, 5.41) is 13.8. The molecule has 0 aromatic heterocycles. The van der Waals surface area contributed by atoms with Crippen molar-refractivity contribution in [2.24, 2.45) is 0 Å². The number of allylic oxidation sites excluding steroid dienone is 23. The maximum absolute atomic E-state index is 12.9. The topological polar surface area (TPSA) is 108 Å². The van der Waals surface area contributed by atoms with E-state index in [9.17, 15) is 19.4 Å². The zero-order chi connectivity index (χ0) is 50.6. The summed E-state index contributed by atoms with van der Waals surface area (Å²) in [6.07, 6.45) is 76.3. The average molecular weight is 975 g/mol. The summed E-state index contributed by atoms with van der Waals surface area (Å²) in [5.74, 6) is -0.239. The van der Waals surface area contributed by atoms with E-state index >= 15 is 0 Å². The molecule has 0 aliphatic rings. The van der Waals surface area contributed by atoms with Crippen LogP contribution in [0.15, 0.2) is 146 Å². The third kappa shape index (κ3) is 52.0. The van der Waals surface area contributed by atoms with Gasteiger partial charge >= 0.3 is 0 Å². The van der Waals surface area contributed by atoms with Gasteiger partial charge in [-0.2, -0.15) is 0 Å². The number of phosphoric ester groups is 1. The lowest BCUT2D eigenvalue weighted by Gasteiger charge is -2.29. The highest BCUT2D eigenvalue weighted by atomic mass is 31.2. The minimum absolute atomic E-state index is 0.0218. The fraction of sp³-hybridized carbons (Fsp3) is 0.583. The Morgan fingerprint density at radius 2 is 0.899 bits per heavy atom. The van der Waals surface area contributed by atoms with E-state index in [0.29, 0.717) is 23.9 Å². The van der Waals surface area contributed by atoms with Gasteiger partial charge < -0.3 is 28.8 Å². The first-order valence-electron chi connectivity index (χ1n) is 26.7. The Kier molecular flexibility index (Phi) is 46.8. The second kappa shape index (κ2) is 49.4. The van der Waals surface area contributed by atoms with Gasteiger partial charge in [-0.25, -0.2) is 0 Å². The van der Waals surface area contributed by atoms with E-state index in [0.717, 1.165) is 122 Å². The summed E-state index contributed by atoms with van der Waals surface area (Å²) >= 11 is 0. The maximum Gasteiger partial charge on any atom is 0.268 e. The number of rotatable bonds is 46. The highest BCUT2D eigenvalue weighted by molar-refractivity contribution is 7.45. The number of nitrogens with zero attached hydrogens (tertiary/aromatic N) is 1. The van der Waals surface area contributed by atoms with Gasteiger partial charge in [-0.3, -0.25) is 9.36 Å². The van der Waals surface area contributed by atoms with Gasteiger partial charge in [-0.15, -0.1) is 0 Å². The van der Waals surface area contributed by atoms with Crippen LogP contribution in [0.3, 0.4) is 0 Å². The first-order valence-corrected chi connectivity index (χ1v) is 28.2. The predicted molar refractivity (Wildman–Crippen MR) is 297 cm³/mol. The predicted octanol–water partition coefficient (Wildman–Crippen LogP) is 15.5. The minimum Gasteiger partial charge on any atom is -0.756 e. The number of quaternary nitrogens is 1. The molecule has 0 radical (unpaired) electrons. The van der Waals surface area contributed by atoms with Crippen LogP contribution in [0.2, 0.25) is 0 Å². The van der Waals surface area contributed by atoms with Gasteiger partial charge in [0.2, 0.25) is 5.91 Å². The fourth-order valence-corrected chi connectivity index (χ4v) is 7.31. The zero-order valence-corrected chi connectivity index (χ0v) is 45.1. The van der Waals surface area contributed by atoms with Crippen molar-refractivity contribution in [3.63, 3.8) is 0 Å². The summed E-state index contributed by atoms with van der Waals surface area (Å²) in [5.41, 5.74) is 0. The number of likely N-dealkylation sites (N-methyl/N-ethyl adjacent to an activating group) is 1. The highest BCUT2D eigenvalue weighted by Crippen LogP contribution is 2.38. The summed E-state index contributed by atoms with van der Waals surface area (Å²) in [7, 11) is 1.19. The Hall–Kier alpha value is -3.62. The summed E-state index contributed by atoms with van der Waals surface area (Å²) < 4.78 is 23.2. The van der Waals surface area contributed by atoms with Gasteiger partial charge in [0.25, 0.3) is 7.82 Å². The molecule has 0 aromatic carbocycles. The molecule has 69 heavy (non-hydrogen) atoms. The smallest absolute Gasteiger partial charge is 0.268 e. The number of carbonyl (C=O) groups is 1. The molecule has 0 heterocycles. The molecule has 0 aliphatic carbocycles. The van der Waals surface area contributed by atoms with Crippen molar-refractivity contribution in [3.8, 4) is 0 Å². The Labute approximate surface area is 423 Å². The molecule has 0 saturated heterocycles. The normalized spacial score (nSPS) is 15.2. The summed E-state index contributed by atoms with van der Waals surface area (Å²) in [6.45, 7) is 4.43. The van der Waals surface area contributed by atoms with Crippen LogP contribution in [-0.2, 0) is 18.4 Å². The summed E-state index contributed by atoms with van der Waals surface area (Å²) in [4.78, 5) is 25.4. The van der Waals surface area contributed by atoms with Crippen molar-refractivity contribution in [1.29, 1.82) is 0 Å². The van der Waals surface area contributed by atoms with E-state index < -0.39 is 26.6 Å². The molecule has 8 nitrogen and oxygen atoms in total. The molecule has 0 aromatic rings. The van der Waals surface area contributed by atoms with E-state index in [2.05, 4.69) is 153 Å². The highest BCUT2D eigenvalue weighted by Gasteiger charge is 2.23. The molecular weight excluding hydrogens is 876 g/mol. The third-order valence-corrected chi connectivity index (χ3v) is 11.7. The van der Waals surface area contributed by atoms with Crippen LogP contribution in [-0.4, -0.2) is 68.5 Å². The summed E-state index contributed by atoms with van der Waals surface area (Å²) in [6, 6.07) is -0.931. The van der Waals surface area contributed by atoms with Crippen molar-refractivity contribution >= 4 is 13.7 Å². The first-order chi connectivity index (χ1) is 33.5. The molecule has 1 amide bonds. The average Bonchev–Trinajstić information content (AvgIpc) is 3.31. The Balaban J connectivity index is 4.33. The van der Waals surface area contributed by atoms with Crippen molar-refractivity contribution in [2.75, 3.05) is 40.9 Å². The number of unbranched alkanes of at least 4 members (excludes halogenated alkanes) is 11. The number of aliphatic hydroxyl groups is 1. The van der Waals surface area contributed by atoms with Crippen LogP contribution in [0.4, 0.5) is 0 Å². The minimum atomic E-state index is -4.62. The lowest BCUT2D eigenvalue weighted by molar-refractivity contribution is -0.870. The quantitative estimate of drug-likeness (QED) is 0.0272. The molecule has 9 heteroatoms. The van der Waals surface area contributed by atoms with E-state index in [1.807, 2.05) is 27.2 Å². The van der Waals surface area contributed by atoms with Gasteiger partial charge in [0.05, 0.1) is 39.9 Å². The van der Waals surface area contributed by atoms with Gasteiger partial charge in [-0.1, -0.05) is 198 Å². The number of hydrogen-bond donors (Lipinski definition) is 2. The molecule has 0 rings (SSSR count). The fourth-order valence-electron chi connectivity index (χ4n) is 6.59. The zero-order valence-electron chi connectivity index (χ0n) is 44.2.